The molecule has 208 valence electrons. The summed E-state index contributed by atoms with van der Waals surface area (Å²) in [4.78, 5) is 41.9. The van der Waals surface area contributed by atoms with Crippen LogP contribution in [-0.2, 0) is 27.6 Å². The van der Waals surface area contributed by atoms with E-state index in [1.54, 1.807) is 12.1 Å². The minimum Gasteiger partial charge on any atom is -0.341 e. The zero-order chi connectivity index (χ0) is 28.1. The number of nitrogens with zero attached hydrogens (tertiary/aromatic N) is 2. The SMILES string of the molecule is CNC(=O)Nc1ccc2c(c1)CC[C@@]21CC(=O)N(CC(C)N2CCC[C@H]2c2ccc(Cl)cc2C(F)(F)F)C1=O. The highest BCUT2D eigenvalue weighted by atomic mass is 35.5. The summed E-state index contributed by atoms with van der Waals surface area (Å²) in [6, 6.07) is 8.06. The molecule has 1 spiro atoms. The molecule has 3 atom stereocenters. The summed E-state index contributed by atoms with van der Waals surface area (Å²) in [5.74, 6) is -0.534. The summed E-state index contributed by atoms with van der Waals surface area (Å²) in [7, 11) is 1.52. The van der Waals surface area contributed by atoms with Crippen LogP contribution >= 0.6 is 11.6 Å². The van der Waals surface area contributed by atoms with E-state index in [2.05, 4.69) is 10.6 Å². The molecule has 0 saturated carbocycles. The van der Waals surface area contributed by atoms with Crippen LogP contribution in [0.5, 0.6) is 0 Å². The molecule has 2 N–H and O–H groups in total. The fraction of sp³-hybridized carbons (Fsp3) is 0.464. The lowest BCUT2D eigenvalue weighted by Gasteiger charge is -2.34. The highest BCUT2D eigenvalue weighted by Gasteiger charge is 2.55. The van der Waals surface area contributed by atoms with Crippen LogP contribution < -0.4 is 10.6 Å². The summed E-state index contributed by atoms with van der Waals surface area (Å²) < 4.78 is 41.5. The van der Waals surface area contributed by atoms with Gasteiger partial charge in [-0.25, -0.2) is 4.79 Å². The second-order valence-corrected chi connectivity index (χ2v) is 11.1. The fourth-order valence-electron chi connectivity index (χ4n) is 6.50. The molecule has 2 saturated heterocycles. The smallest absolute Gasteiger partial charge is 0.341 e. The number of nitrogens with one attached hydrogen (secondary N) is 2. The van der Waals surface area contributed by atoms with Crippen molar-refractivity contribution < 1.29 is 27.6 Å². The molecule has 5 rings (SSSR count). The number of carbonyl (C=O) groups excluding carboxylic acids is 3. The molecule has 2 fully saturated rings. The molecular weight excluding hydrogens is 533 g/mol. The summed E-state index contributed by atoms with van der Waals surface area (Å²) in [6.45, 7) is 2.53. The van der Waals surface area contributed by atoms with Crippen molar-refractivity contribution in [1.29, 1.82) is 0 Å². The summed E-state index contributed by atoms with van der Waals surface area (Å²) in [5.41, 5.74) is 0.794. The van der Waals surface area contributed by atoms with Crippen molar-refractivity contribution in [2.75, 3.05) is 25.5 Å². The lowest BCUT2D eigenvalue weighted by Crippen LogP contribution is -2.46. The van der Waals surface area contributed by atoms with Gasteiger partial charge in [0.25, 0.3) is 0 Å². The van der Waals surface area contributed by atoms with Crippen LogP contribution in [-0.4, -0.2) is 53.8 Å². The zero-order valence-electron chi connectivity index (χ0n) is 21.7. The largest absolute Gasteiger partial charge is 0.416 e. The molecule has 3 aliphatic rings. The molecule has 0 radical (unpaired) electrons. The number of hydrogen-bond acceptors (Lipinski definition) is 4. The van der Waals surface area contributed by atoms with Gasteiger partial charge in [-0.2, -0.15) is 13.2 Å². The van der Waals surface area contributed by atoms with E-state index in [0.717, 1.165) is 17.2 Å². The first-order valence-electron chi connectivity index (χ1n) is 13.0. The molecule has 2 aliphatic heterocycles. The van der Waals surface area contributed by atoms with E-state index in [-0.39, 0.29) is 47.4 Å². The number of likely N-dealkylation sites (tertiary alicyclic amines) is 2. The van der Waals surface area contributed by atoms with Crippen LogP contribution in [0.1, 0.15) is 60.9 Å². The Morgan fingerprint density at radius 3 is 2.69 bits per heavy atom. The number of alkyl halides is 3. The van der Waals surface area contributed by atoms with E-state index in [4.69, 9.17) is 11.6 Å². The van der Waals surface area contributed by atoms with E-state index < -0.39 is 23.2 Å². The Kier molecular flexibility index (Phi) is 7.13. The maximum atomic E-state index is 13.8. The van der Waals surface area contributed by atoms with E-state index in [1.807, 2.05) is 17.9 Å². The van der Waals surface area contributed by atoms with Gasteiger partial charge in [0.2, 0.25) is 11.8 Å². The third-order valence-electron chi connectivity index (χ3n) is 8.32. The van der Waals surface area contributed by atoms with E-state index >= 15 is 0 Å². The standard InChI is InChI=1S/C28H30ClF3N4O3/c1-16(35-11-3-4-23(35)20-7-5-18(29)13-22(20)28(30,31)32)15-36-24(37)14-27(25(36)38)10-9-17-12-19(6-8-21(17)27)34-26(39)33-2/h5-8,12-13,16,23H,3-4,9-11,14-15H2,1-2H3,(H2,33,34,39)/t16?,23-,27+/m0/s1. The summed E-state index contributed by atoms with van der Waals surface area (Å²) >= 11 is 5.89. The molecular formula is C28H30ClF3N4O3. The van der Waals surface area contributed by atoms with Gasteiger partial charge in [0, 0.05) is 42.8 Å². The Bertz CT molecular complexity index is 1330. The third kappa shape index (κ3) is 4.89. The van der Waals surface area contributed by atoms with Gasteiger partial charge in [-0.15, -0.1) is 0 Å². The van der Waals surface area contributed by atoms with Crippen molar-refractivity contribution in [2.45, 2.75) is 62.7 Å². The van der Waals surface area contributed by atoms with Gasteiger partial charge in [0.15, 0.2) is 0 Å². The van der Waals surface area contributed by atoms with Gasteiger partial charge < -0.3 is 10.6 Å². The van der Waals surface area contributed by atoms with Crippen LogP contribution in [0.4, 0.5) is 23.7 Å². The maximum absolute atomic E-state index is 13.8. The fourth-order valence-corrected chi connectivity index (χ4v) is 6.67. The Labute approximate surface area is 229 Å². The van der Waals surface area contributed by atoms with E-state index in [1.165, 1.54) is 24.1 Å². The van der Waals surface area contributed by atoms with Crippen molar-refractivity contribution in [3.05, 3.63) is 63.7 Å². The number of halogens is 4. The number of aryl methyl sites for hydroxylation is 1. The highest BCUT2D eigenvalue weighted by Crippen LogP contribution is 2.48. The van der Waals surface area contributed by atoms with Crippen LogP contribution in [0.25, 0.3) is 0 Å². The number of rotatable bonds is 5. The first-order chi connectivity index (χ1) is 18.4. The molecule has 2 aromatic carbocycles. The van der Waals surface area contributed by atoms with Gasteiger partial charge in [-0.05, 0) is 80.1 Å². The molecule has 2 heterocycles. The van der Waals surface area contributed by atoms with Crippen LogP contribution in [0.2, 0.25) is 5.02 Å². The number of imide groups is 1. The summed E-state index contributed by atoms with van der Waals surface area (Å²) in [5, 5.41) is 5.24. The number of hydrogen-bond donors (Lipinski definition) is 2. The predicted octanol–water partition coefficient (Wildman–Crippen LogP) is 5.28. The second-order valence-electron chi connectivity index (χ2n) is 10.6. The number of carbonyl (C=O) groups is 3. The highest BCUT2D eigenvalue weighted by molar-refractivity contribution is 6.30. The van der Waals surface area contributed by atoms with Crippen molar-refractivity contribution >= 4 is 35.1 Å². The Morgan fingerprint density at radius 1 is 1.21 bits per heavy atom. The van der Waals surface area contributed by atoms with Crippen LogP contribution in [0, 0.1) is 0 Å². The Balaban J connectivity index is 1.36. The normalized spacial score (nSPS) is 23.9. The van der Waals surface area contributed by atoms with Crippen molar-refractivity contribution in [3.8, 4) is 0 Å². The average molecular weight is 563 g/mol. The van der Waals surface area contributed by atoms with Gasteiger partial charge in [0.05, 0.1) is 11.0 Å². The minimum atomic E-state index is -4.55. The van der Waals surface area contributed by atoms with Gasteiger partial charge in [-0.3, -0.25) is 19.4 Å². The molecule has 0 aromatic heterocycles. The topological polar surface area (TPSA) is 81.8 Å². The number of amides is 4. The van der Waals surface area contributed by atoms with E-state index in [0.29, 0.717) is 37.9 Å². The maximum Gasteiger partial charge on any atom is 0.416 e. The Hall–Kier alpha value is -3.11. The number of urea groups is 1. The van der Waals surface area contributed by atoms with Crippen molar-refractivity contribution in [2.24, 2.45) is 0 Å². The number of benzene rings is 2. The molecule has 39 heavy (non-hydrogen) atoms. The predicted molar refractivity (Wildman–Crippen MR) is 140 cm³/mol. The van der Waals surface area contributed by atoms with Gasteiger partial charge >= 0.3 is 12.2 Å². The van der Waals surface area contributed by atoms with Crippen molar-refractivity contribution in [3.63, 3.8) is 0 Å². The van der Waals surface area contributed by atoms with Gasteiger partial charge in [0.1, 0.15) is 0 Å². The molecule has 7 nitrogen and oxygen atoms in total. The second kappa shape index (κ2) is 10.1. The van der Waals surface area contributed by atoms with Crippen LogP contribution in [0.15, 0.2) is 36.4 Å². The zero-order valence-corrected chi connectivity index (χ0v) is 22.5. The van der Waals surface area contributed by atoms with Gasteiger partial charge in [-0.1, -0.05) is 23.7 Å². The quantitative estimate of drug-likeness (QED) is 0.486. The van der Waals surface area contributed by atoms with E-state index in [9.17, 15) is 27.6 Å². The first kappa shape index (κ1) is 27.5. The average Bonchev–Trinajstić information content (AvgIpc) is 3.57. The monoisotopic (exact) mass is 562 g/mol. The molecule has 1 aliphatic carbocycles. The molecule has 2 aromatic rings. The number of anilines is 1. The minimum absolute atomic E-state index is 0.0237. The van der Waals surface area contributed by atoms with Crippen molar-refractivity contribution in [1.82, 2.24) is 15.1 Å². The van der Waals surface area contributed by atoms with Crippen LogP contribution in [0.3, 0.4) is 0 Å². The molecule has 1 unspecified atom stereocenters. The number of fused-ring (bicyclic) bond motifs is 2. The summed E-state index contributed by atoms with van der Waals surface area (Å²) in [6.07, 6.45) is -2.14. The lowest BCUT2D eigenvalue weighted by molar-refractivity contribution is -0.140. The molecule has 11 heteroatoms. The Morgan fingerprint density at radius 2 is 1.97 bits per heavy atom. The first-order valence-corrected chi connectivity index (χ1v) is 13.4. The molecule has 0 bridgehead atoms. The lowest BCUT2D eigenvalue weighted by atomic mass is 9.80. The third-order valence-corrected chi connectivity index (χ3v) is 8.56. The molecule has 4 amide bonds.